The van der Waals surface area contributed by atoms with Gasteiger partial charge in [-0.3, -0.25) is 4.79 Å². The van der Waals surface area contributed by atoms with Crippen LogP contribution in [0, 0.1) is 5.92 Å². The highest BCUT2D eigenvalue weighted by Crippen LogP contribution is 2.20. The monoisotopic (exact) mass is 253 g/mol. The Bertz CT molecular complexity index is 397. The van der Waals surface area contributed by atoms with E-state index in [0.29, 0.717) is 11.7 Å². The van der Waals surface area contributed by atoms with Gasteiger partial charge in [0.25, 0.3) is 0 Å². The fourth-order valence-electron chi connectivity index (χ4n) is 2.34. The van der Waals surface area contributed by atoms with Gasteiger partial charge in [0.05, 0.1) is 0 Å². The van der Waals surface area contributed by atoms with E-state index >= 15 is 0 Å². The van der Waals surface area contributed by atoms with E-state index in [0.717, 1.165) is 38.9 Å². The first-order valence-electron chi connectivity index (χ1n) is 6.43. The number of carbonyl (C=O) groups is 1. The molecule has 0 atom stereocenters. The van der Waals surface area contributed by atoms with Crippen molar-refractivity contribution in [2.75, 3.05) is 19.6 Å². The van der Waals surface area contributed by atoms with Crippen LogP contribution in [0.4, 0.5) is 0 Å². The molecule has 100 valence electrons. The number of aromatic nitrogens is 2. The predicted molar refractivity (Wildman–Crippen MR) is 64.2 cm³/mol. The van der Waals surface area contributed by atoms with E-state index in [2.05, 4.69) is 22.0 Å². The summed E-state index contributed by atoms with van der Waals surface area (Å²) in [5.41, 5.74) is 0. The van der Waals surface area contributed by atoms with Crippen LogP contribution in [0.25, 0.3) is 0 Å². The van der Waals surface area contributed by atoms with Gasteiger partial charge in [-0.15, -0.1) is 0 Å². The van der Waals surface area contributed by atoms with Crippen molar-refractivity contribution in [2.45, 2.75) is 32.6 Å². The van der Waals surface area contributed by atoms with Gasteiger partial charge < -0.3 is 14.5 Å². The van der Waals surface area contributed by atoms with Gasteiger partial charge in [0.15, 0.2) is 5.82 Å². The molecule has 0 saturated carbocycles. The van der Waals surface area contributed by atoms with Crippen LogP contribution in [0.2, 0.25) is 0 Å². The molecule has 6 nitrogen and oxygen atoms in total. The van der Waals surface area contributed by atoms with Gasteiger partial charge in [0.1, 0.15) is 6.42 Å². The molecule has 0 unspecified atom stereocenters. The first-order valence-corrected chi connectivity index (χ1v) is 6.43. The summed E-state index contributed by atoms with van der Waals surface area (Å²) >= 11 is 0. The summed E-state index contributed by atoms with van der Waals surface area (Å²) in [6, 6.07) is 0. The zero-order chi connectivity index (χ0) is 13.0. The molecule has 0 aromatic carbocycles. The minimum atomic E-state index is -0.943. The van der Waals surface area contributed by atoms with Crippen LogP contribution in [-0.2, 0) is 17.6 Å². The number of rotatable bonds is 5. The summed E-state index contributed by atoms with van der Waals surface area (Å²) < 4.78 is 4.91. The lowest BCUT2D eigenvalue weighted by molar-refractivity contribution is -0.136. The van der Waals surface area contributed by atoms with Crippen molar-refractivity contribution in [3.8, 4) is 0 Å². The highest BCUT2D eigenvalue weighted by atomic mass is 16.5. The maximum absolute atomic E-state index is 10.5. The van der Waals surface area contributed by atoms with Crippen molar-refractivity contribution in [1.82, 2.24) is 15.0 Å². The summed E-state index contributed by atoms with van der Waals surface area (Å²) in [6.45, 7) is 5.54. The maximum atomic E-state index is 10.5. The van der Waals surface area contributed by atoms with Gasteiger partial charge in [-0.2, -0.15) is 4.98 Å². The molecule has 1 saturated heterocycles. The lowest BCUT2D eigenvalue weighted by Gasteiger charge is -2.30. The van der Waals surface area contributed by atoms with Crippen molar-refractivity contribution in [3.05, 3.63) is 11.7 Å². The number of piperidine rings is 1. The molecule has 1 fully saturated rings. The molecular weight excluding hydrogens is 234 g/mol. The van der Waals surface area contributed by atoms with Crippen LogP contribution in [0.5, 0.6) is 0 Å². The summed E-state index contributed by atoms with van der Waals surface area (Å²) in [7, 11) is 0. The molecule has 0 spiro atoms. The zero-order valence-corrected chi connectivity index (χ0v) is 10.6. The molecule has 1 N–H and O–H groups in total. The van der Waals surface area contributed by atoms with Crippen LogP contribution in [0.1, 0.15) is 31.5 Å². The van der Waals surface area contributed by atoms with Crippen molar-refractivity contribution in [2.24, 2.45) is 5.92 Å². The van der Waals surface area contributed by atoms with Gasteiger partial charge >= 0.3 is 5.97 Å². The quantitative estimate of drug-likeness (QED) is 0.842. The second-order valence-corrected chi connectivity index (χ2v) is 4.76. The van der Waals surface area contributed by atoms with Crippen LogP contribution in [0.15, 0.2) is 4.52 Å². The molecule has 1 aliphatic heterocycles. The number of carboxylic acids is 1. The van der Waals surface area contributed by atoms with Gasteiger partial charge in [-0.25, -0.2) is 0 Å². The Morgan fingerprint density at radius 1 is 1.50 bits per heavy atom. The van der Waals surface area contributed by atoms with E-state index in [1.807, 2.05) is 0 Å². The Morgan fingerprint density at radius 2 is 2.22 bits per heavy atom. The second kappa shape index (κ2) is 5.95. The van der Waals surface area contributed by atoms with E-state index in [9.17, 15) is 4.79 Å². The molecule has 1 aliphatic rings. The Labute approximate surface area is 106 Å². The second-order valence-electron chi connectivity index (χ2n) is 4.76. The number of carboxylic acid groups (broad SMARTS) is 1. The normalized spacial score (nSPS) is 18.1. The molecule has 2 rings (SSSR count). The SMILES string of the molecule is CCN1CCC(Cc2noc(CC(=O)O)n2)CC1. The van der Waals surface area contributed by atoms with Crippen LogP contribution in [-0.4, -0.2) is 45.8 Å². The molecule has 18 heavy (non-hydrogen) atoms. The molecule has 0 radical (unpaired) electrons. The topological polar surface area (TPSA) is 79.5 Å². The largest absolute Gasteiger partial charge is 0.481 e. The number of likely N-dealkylation sites (tertiary alicyclic amines) is 1. The van der Waals surface area contributed by atoms with Crippen LogP contribution in [0.3, 0.4) is 0 Å². The van der Waals surface area contributed by atoms with Crippen molar-refractivity contribution in [1.29, 1.82) is 0 Å². The molecular formula is C12H19N3O3. The molecule has 2 heterocycles. The molecule has 1 aromatic rings. The first-order chi connectivity index (χ1) is 8.67. The summed E-state index contributed by atoms with van der Waals surface area (Å²) in [4.78, 5) is 17.0. The number of nitrogens with zero attached hydrogens (tertiary/aromatic N) is 3. The Balaban J connectivity index is 1.83. The van der Waals surface area contributed by atoms with E-state index in [4.69, 9.17) is 9.63 Å². The minimum absolute atomic E-state index is 0.193. The van der Waals surface area contributed by atoms with E-state index < -0.39 is 5.97 Å². The summed E-state index contributed by atoms with van der Waals surface area (Å²) in [5.74, 6) is 0.481. The smallest absolute Gasteiger partial charge is 0.312 e. The average Bonchev–Trinajstić information content (AvgIpc) is 2.76. The van der Waals surface area contributed by atoms with Gasteiger partial charge in [0, 0.05) is 6.42 Å². The fraction of sp³-hybridized carbons (Fsp3) is 0.750. The molecule has 0 amide bonds. The Kier molecular flexibility index (Phi) is 4.30. The lowest BCUT2D eigenvalue weighted by Crippen LogP contribution is -2.34. The maximum Gasteiger partial charge on any atom is 0.312 e. The number of aliphatic carboxylic acids is 1. The van der Waals surface area contributed by atoms with Gasteiger partial charge in [-0.1, -0.05) is 12.1 Å². The van der Waals surface area contributed by atoms with E-state index in [1.54, 1.807) is 0 Å². The van der Waals surface area contributed by atoms with Crippen LogP contribution >= 0.6 is 0 Å². The third-order valence-corrected chi connectivity index (χ3v) is 3.44. The van der Waals surface area contributed by atoms with Crippen molar-refractivity contribution in [3.63, 3.8) is 0 Å². The third kappa shape index (κ3) is 3.53. The summed E-state index contributed by atoms with van der Waals surface area (Å²) in [6.07, 6.45) is 2.90. The highest BCUT2D eigenvalue weighted by Gasteiger charge is 2.20. The number of hydrogen-bond acceptors (Lipinski definition) is 5. The Morgan fingerprint density at radius 3 is 2.83 bits per heavy atom. The first kappa shape index (κ1) is 13.0. The fourth-order valence-corrected chi connectivity index (χ4v) is 2.34. The molecule has 6 heteroatoms. The van der Waals surface area contributed by atoms with Crippen LogP contribution < -0.4 is 0 Å². The van der Waals surface area contributed by atoms with Crippen molar-refractivity contribution < 1.29 is 14.4 Å². The lowest BCUT2D eigenvalue weighted by atomic mass is 9.93. The molecule has 0 aliphatic carbocycles. The average molecular weight is 253 g/mol. The van der Waals surface area contributed by atoms with E-state index in [-0.39, 0.29) is 12.3 Å². The van der Waals surface area contributed by atoms with E-state index in [1.165, 1.54) is 0 Å². The summed E-state index contributed by atoms with van der Waals surface area (Å²) in [5, 5.41) is 12.5. The minimum Gasteiger partial charge on any atom is -0.481 e. The number of hydrogen-bond donors (Lipinski definition) is 1. The van der Waals surface area contributed by atoms with Gasteiger partial charge in [0.2, 0.25) is 5.89 Å². The third-order valence-electron chi connectivity index (χ3n) is 3.44. The Hall–Kier alpha value is -1.43. The molecule has 1 aromatic heterocycles. The molecule has 0 bridgehead atoms. The zero-order valence-electron chi connectivity index (χ0n) is 10.6. The highest BCUT2D eigenvalue weighted by molar-refractivity contribution is 5.68. The standard InChI is InChI=1S/C12H19N3O3/c1-2-15-5-3-9(4-6-15)7-10-13-11(18-14-10)8-12(16)17/h9H,2-8H2,1H3,(H,16,17). The predicted octanol–water partition coefficient (Wildman–Crippen LogP) is 0.971. The van der Waals surface area contributed by atoms with Gasteiger partial charge in [-0.05, 0) is 38.4 Å². The van der Waals surface area contributed by atoms with Crippen molar-refractivity contribution >= 4 is 5.97 Å².